The lowest BCUT2D eigenvalue weighted by atomic mass is 10.1. The van der Waals surface area contributed by atoms with Gasteiger partial charge in [-0.15, -0.1) is 0 Å². The largest absolute Gasteiger partial charge is 0.480 e. The first-order chi connectivity index (χ1) is 10.5. The molecule has 0 saturated heterocycles. The van der Waals surface area contributed by atoms with Crippen LogP contribution in [0.5, 0.6) is 0 Å². The highest BCUT2D eigenvalue weighted by Crippen LogP contribution is 2.10. The molecule has 2 rings (SSSR count). The van der Waals surface area contributed by atoms with Gasteiger partial charge in [-0.05, 0) is 17.7 Å². The maximum atomic E-state index is 13.5. The van der Waals surface area contributed by atoms with Gasteiger partial charge in [-0.25, -0.2) is 13.6 Å². The molecule has 0 heterocycles. The van der Waals surface area contributed by atoms with Gasteiger partial charge in [-0.3, -0.25) is 4.79 Å². The lowest BCUT2D eigenvalue weighted by molar-refractivity contribution is -0.139. The smallest absolute Gasteiger partial charge is 0.326 e. The number of nitrogens with one attached hydrogen (secondary N) is 1. The van der Waals surface area contributed by atoms with Crippen LogP contribution in [0.15, 0.2) is 48.5 Å². The predicted octanol–water partition coefficient (Wildman–Crippen LogP) is 2.39. The third-order valence-corrected chi connectivity index (χ3v) is 3.06. The zero-order valence-corrected chi connectivity index (χ0v) is 11.4. The average Bonchev–Trinajstić information content (AvgIpc) is 2.47. The SMILES string of the molecule is O=C(N[C@@H](Cc1ccccc1)C(=O)O)c1ccc(F)cc1F. The minimum absolute atomic E-state index is 0.0602. The van der Waals surface area contributed by atoms with Crippen LogP contribution < -0.4 is 5.32 Å². The Labute approximate surface area is 125 Å². The van der Waals surface area contributed by atoms with Gasteiger partial charge >= 0.3 is 5.97 Å². The Bertz CT molecular complexity index is 689. The molecule has 0 aliphatic heterocycles. The maximum Gasteiger partial charge on any atom is 0.326 e. The van der Waals surface area contributed by atoms with E-state index in [0.717, 1.165) is 17.7 Å². The Morgan fingerprint density at radius 3 is 2.36 bits per heavy atom. The summed E-state index contributed by atoms with van der Waals surface area (Å²) >= 11 is 0. The monoisotopic (exact) mass is 305 g/mol. The molecule has 0 unspecified atom stereocenters. The first-order valence-corrected chi connectivity index (χ1v) is 6.50. The summed E-state index contributed by atoms with van der Waals surface area (Å²) in [6, 6.07) is 9.99. The summed E-state index contributed by atoms with van der Waals surface area (Å²) in [5.41, 5.74) is 0.315. The van der Waals surface area contributed by atoms with E-state index in [1.54, 1.807) is 30.3 Å². The van der Waals surface area contributed by atoms with Gasteiger partial charge in [0, 0.05) is 12.5 Å². The van der Waals surface area contributed by atoms with Gasteiger partial charge in [0.2, 0.25) is 0 Å². The second-order valence-corrected chi connectivity index (χ2v) is 4.68. The van der Waals surface area contributed by atoms with Crippen molar-refractivity contribution in [3.05, 3.63) is 71.3 Å². The quantitative estimate of drug-likeness (QED) is 0.891. The van der Waals surface area contributed by atoms with E-state index in [1.807, 2.05) is 0 Å². The van der Waals surface area contributed by atoms with Crippen LogP contribution in [0.25, 0.3) is 0 Å². The summed E-state index contributed by atoms with van der Waals surface area (Å²) < 4.78 is 26.4. The number of rotatable bonds is 5. The van der Waals surface area contributed by atoms with Crippen LogP contribution in [0.2, 0.25) is 0 Å². The van der Waals surface area contributed by atoms with E-state index in [9.17, 15) is 23.5 Å². The van der Waals surface area contributed by atoms with Crippen molar-refractivity contribution in [1.29, 1.82) is 0 Å². The maximum absolute atomic E-state index is 13.5. The van der Waals surface area contributed by atoms with Crippen molar-refractivity contribution in [3.8, 4) is 0 Å². The van der Waals surface area contributed by atoms with Gasteiger partial charge in [0.15, 0.2) is 0 Å². The highest BCUT2D eigenvalue weighted by Gasteiger charge is 2.22. The fraction of sp³-hybridized carbons (Fsp3) is 0.125. The molecule has 2 aromatic carbocycles. The molecule has 22 heavy (non-hydrogen) atoms. The van der Waals surface area contributed by atoms with Crippen molar-refractivity contribution in [1.82, 2.24) is 5.32 Å². The fourth-order valence-corrected chi connectivity index (χ4v) is 1.96. The van der Waals surface area contributed by atoms with E-state index in [-0.39, 0.29) is 6.42 Å². The summed E-state index contributed by atoms with van der Waals surface area (Å²) in [5, 5.41) is 11.4. The van der Waals surface area contributed by atoms with E-state index in [4.69, 9.17) is 0 Å². The number of benzene rings is 2. The number of aliphatic carboxylic acids is 1. The topological polar surface area (TPSA) is 66.4 Å². The van der Waals surface area contributed by atoms with Crippen LogP contribution in [0.1, 0.15) is 15.9 Å². The number of amides is 1. The zero-order chi connectivity index (χ0) is 16.1. The van der Waals surface area contributed by atoms with E-state index in [0.29, 0.717) is 6.07 Å². The Balaban J connectivity index is 2.14. The van der Waals surface area contributed by atoms with Gasteiger partial charge < -0.3 is 10.4 Å². The summed E-state index contributed by atoms with van der Waals surface area (Å²) in [6.07, 6.45) is 0.0602. The second kappa shape index (κ2) is 6.80. The lowest BCUT2D eigenvalue weighted by Gasteiger charge is -2.15. The van der Waals surface area contributed by atoms with E-state index < -0.39 is 35.1 Å². The number of hydrogen-bond donors (Lipinski definition) is 2. The first kappa shape index (κ1) is 15.6. The Kier molecular flexibility index (Phi) is 4.83. The van der Waals surface area contributed by atoms with Crippen molar-refractivity contribution in [3.63, 3.8) is 0 Å². The van der Waals surface area contributed by atoms with Crippen LogP contribution in [0.4, 0.5) is 8.78 Å². The summed E-state index contributed by atoms with van der Waals surface area (Å²) in [7, 11) is 0. The average molecular weight is 305 g/mol. The summed E-state index contributed by atoms with van der Waals surface area (Å²) in [5.74, 6) is -3.99. The number of carbonyl (C=O) groups is 2. The molecule has 0 saturated carbocycles. The third kappa shape index (κ3) is 3.88. The molecule has 1 atom stereocenters. The number of halogens is 2. The van der Waals surface area contributed by atoms with E-state index in [2.05, 4.69) is 5.32 Å². The molecule has 4 nitrogen and oxygen atoms in total. The highest BCUT2D eigenvalue weighted by molar-refractivity contribution is 5.96. The predicted molar refractivity (Wildman–Crippen MR) is 75.4 cm³/mol. The molecule has 0 fully saturated rings. The van der Waals surface area contributed by atoms with Crippen molar-refractivity contribution >= 4 is 11.9 Å². The molecule has 0 spiro atoms. The normalized spacial score (nSPS) is 11.7. The van der Waals surface area contributed by atoms with Gasteiger partial charge in [-0.2, -0.15) is 0 Å². The minimum Gasteiger partial charge on any atom is -0.480 e. The number of hydrogen-bond acceptors (Lipinski definition) is 2. The standard InChI is InChI=1S/C16H13F2NO3/c17-11-6-7-12(13(18)9-11)15(20)19-14(16(21)22)8-10-4-2-1-3-5-10/h1-7,9,14H,8H2,(H,19,20)(H,21,22)/t14-/m0/s1. The molecular weight excluding hydrogens is 292 g/mol. The Hall–Kier alpha value is -2.76. The van der Waals surface area contributed by atoms with Crippen LogP contribution >= 0.6 is 0 Å². The molecule has 0 aromatic heterocycles. The molecule has 1 amide bonds. The van der Waals surface area contributed by atoms with Gasteiger partial charge in [-0.1, -0.05) is 30.3 Å². The molecular formula is C16H13F2NO3. The number of carbonyl (C=O) groups excluding carboxylic acids is 1. The highest BCUT2D eigenvalue weighted by atomic mass is 19.1. The van der Waals surface area contributed by atoms with Crippen LogP contribution in [0.3, 0.4) is 0 Å². The minimum atomic E-state index is -1.24. The van der Waals surface area contributed by atoms with Crippen molar-refractivity contribution in [2.75, 3.05) is 0 Å². The Morgan fingerprint density at radius 1 is 1.09 bits per heavy atom. The summed E-state index contributed by atoms with van der Waals surface area (Å²) in [6.45, 7) is 0. The van der Waals surface area contributed by atoms with E-state index in [1.165, 1.54) is 0 Å². The van der Waals surface area contributed by atoms with Gasteiger partial charge in [0.1, 0.15) is 17.7 Å². The molecule has 2 N–H and O–H groups in total. The van der Waals surface area contributed by atoms with Gasteiger partial charge in [0.25, 0.3) is 5.91 Å². The van der Waals surface area contributed by atoms with Crippen molar-refractivity contribution < 1.29 is 23.5 Å². The number of carboxylic acid groups (broad SMARTS) is 1. The Morgan fingerprint density at radius 2 is 1.77 bits per heavy atom. The second-order valence-electron chi connectivity index (χ2n) is 4.68. The molecule has 0 aliphatic rings. The molecule has 2 aromatic rings. The lowest BCUT2D eigenvalue weighted by Crippen LogP contribution is -2.42. The molecule has 0 aliphatic carbocycles. The van der Waals surface area contributed by atoms with Crippen LogP contribution in [0, 0.1) is 11.6 Å². The zero-order valence-electron chi connectivity index (χ0n) is 11.4. The molecule has 114 valence electrons. The molecule has 0 radical (unpaired) electrons. The first-order valence-electron chi connectivity index (χ1n) is 6.50. The van der Waals surface area contributed by atoms with Crippen molar-refractivity contribution in [2.24, 2.45) is 0 Å². The van der Waals surface area contributed by atoms with Crippen molar-refractivity contribution in [2.45, 2.75) is 12.5 Å². The molecule has 0 bridgehead atoms. The molecule has 6 heteroatoms. The number of carboxylic acids is 1. The van der Waals surface area contributed by atoms with Crippen LogP contribution in [-0.2, 0) is 11.2 Å². The van der Waals surface area contributed by atoms with Gasteiger partial charge in [0.05, 0.1) is 5.56 Å². The third-order valence-electron chi connectivity index (χ3n) is 3.06. The van der Waals surface area contributed by atoms with E-state index >= 15 is 0 Å². The summed E-state index contributed by atoms with van der Waals surface area (Å²) in [4.78, 5) is 23.2. The fourth-order valence-electron chi connectivity index (χ4n) is 1.96. The van der Waals surface area contributed by atoms with Crippen LogP contribution in [-0.4, -0.2) is 23.0 Å².